The maximum atomic E-state index is 5.63. The zero-order valence-electron chi connectivity index (χ0n) is 10.6. The molecule has 0 bridgehead atoms. The van der Waals surface area contributed by atoms with E-state index in [-0.39, 0.29) is 0 Å². The Balaban J connectivity index is 2.19. The number of rotatable bonds is 4. The summed E-state index contributed by atoms with van der Waals surface area (Å²) in [7, 11) is 2.06. The number of hydrogen-bond acceptors (Lipinski definition) is 3. The Morgan fingerprint density at radius 2 is 2.11 bits per heavy atom. The first-order valence-corrected chi connectivity index (χ1v) is 6.63. The molecule has 0 saturated heterocycles. The van der Waals surface area contributed by atoms with Gasteiger partial charge in [0, 0.05) is 30.2 Å². The fourth-order valence-corrected chi connectivity index (χ4v) is 2.63. The molecular formula is C14H17BrN2O. The molecule has 0 aliphatic carbocycles. The molecule has 0 unspecified atom stereocenters. The molecule has 18 heavy (non-hydrogen) atoms. The van der Waals surface area contributed by atoms with Gasteiger partial charge in [-0.15, -0.1) is 0 Å². The Bertz CT molecular complexity index is 536. The summed E-state index contributed by atoms with van der Waals surface area (Å²) >= 11 is 3.59. The normalized spacial score (nSPS) is 10.7. The van der Waals surface area contributed by atoms with E-state index in [1.54, 1.807) is 6.26 Å². The first-order valence-electron chi connectivity index (χ1n) is 5.84. The van der Waals surface area contributed by atoms with E-state index in [1.165, 1.54) is 5.56 Å². The molecule has 3 nitrogen and oxygen atoms in total. The molecule has 2 aromatic rings. The number of benzene rings is 1. The lowest BCUT2D eigenvalue weighted by Gasteiger charge is -2.21. The second-order valence-corrected chi connectivity index (χ2v) is 5.20. The monoisotopic (exact) mass is 308 g/mol. The molecule has 2 N–H and O–H groups in total. The fourth-order valence-electron chi connectivity index (χ4n) is 1.90. The summed E-state index contributed by atoms with van der Waals surface area (Å²) in [5.41, 5.74) is 9.10. The van der Waals surface area contributed by atoms with Crippen molar-refractivity contribution < 1.29 is 4.42 Å². The predicted molar refractivity (Wildman–Crippen MR) is 77.6 cm³/mol. The largest absolute Gasteiger partial charge is 0.469 e. The summed E-state index contributed by atoms with van der Waals surface area (Å²) in [6.07, 6.45) is 1.73. The van der Waals surface area contributed by atoms with Crippen LogP contribution in [-0.2, 0) is 13.1 Å². The molecule has 0 aliphatic rings. The highest BCUT2D eigenvalue weighted by Gasteiger charge is 2.09. The standard InChI is InChI=1S/C14H17BrN2O/c1-10-12(5-6-18-10)9-17(2)14-4-3-11(8-16)7-13(14)15/h3-7H,8-9,16H2,1-2H3. The van der Waals surface area contributed by atoms with E-state index in [0.29, 0.717) is 6.54 Å². The van der Waals surface area contributed by atoms with Gasteiger partial charge in [0.15, 0.2) is 0 Å². The predicted octanol–water partition coefficient (Wildman–Crippen LogP) is 3.45. The van der Waals surface area contributed by atoms with Crippen LogP contribution in [0.25, 0.3) is 0 Å². The second kappa shape index (κ2) is 5.59. The minimum Gasteiger partial charge on any atom is -0.469 e. The highest BCUT2D eigenvalue weighted by molar-refractivity contribution is 9.10. The molecule has 1 aromatic heterocycles. The summed E-state index contributed by atoms with van der Waals surface area (Å²) in [5.74, 6) is 0.969. The number of furan rings is 1. The summed E-state index contributed by atoms with van der Waals surface area (Å²) in [6.45, 7) is 3.36. The van der Waals surface area contributed by atoms with Crippen LogP contribution in [0.15, 0.2) is 39.4 Å². The van der Waals surface area contributed by atoms with Crippen molar-refractivity contribution in [3.8, 4) is 0 Å². The van der Waals surface area contributed by atoms with Crippen LogP contribution in [0.3, 0.4) is 0 Å². The van der Waals surface area contributed by atoms with Gasteiger partial charge in [0.05, 0.1) is 12.0 Å². The third kappa shape index (κ3) is 2.76. The highest BCUT2D eigenvalue weighted by Crippen LogP contribution is 2.28. The molecular weight excluding hydrogens is 292 g/mol. The number of hydrogen-bond donors (Lipinski definition) is 1. The number of anilines is 1. The number of nitrogens with zero attached hydrogens (tertiary/aromatic N) is 1. The van der Waals surface area contributed by atoms with Gasteiger partial charge in [-0.05, 0) is 46.6 Å². The molecule has 0 atom stereocenters. The van der Waals surface area contributed by atoms with E-state index in [9.17, 15) is 0 Å². The smallest absolute Gasteiger partial charge is 0.105 e. The molecule has 2 rings (SSSR count). The maximum Gasteiger partial charge on any atom is 0.105 e. The van der Waals surface area contributed by atoms with E-state index in [1.807, 2.05) is 13.0 Å². The Hall–Kier alpha value is -1.26. The molecule has 1 heterocycles. The van der Waals surface area contributed by atoms with Crippen LogP contribution in [0, 0.1) is 6.92 Å². The van der Waals surface area contributed by atoms with Crippen LogP contribution >= 0.6 is 15.9 Å². The molecule has 0 fully saturated rings. The van der Waals surface area contributed by atoms with Gasteiger partial charge in [-0.25, -0.2) is 0 Å². The van der Waals surface area contributed by atoms with E-state index < -0.39 is 0 Å². The average molecular weight is 309 g/mol. The van der Waals surface area contributed by atoms with Crippen LogP contribution in [0.4, 0.5) is 5.69 Å². The number of halogens is 1. The lowest BCUT2D eigenvalue weighted by atomic mass is 10.2. The molecule has 4 heteroatoms. The zero-order chi connectivity index (χ0) is 13.1. The van der Waals surface area contributed by atoms with Crippen LogP contribution in [0.1, 0.15) is 16.9 Å². The topological polar surface area (TPSA) is 42.4 Å². The third-order valence-electron chi connectivity index (χ3n) is 3.03. The Morgan fingerprint density at radius 1 is 1.33 bits per heavy atom. The molecule has 0 spiro atoms. The van der Waals surface area contributed by atoms with Gasteiger partial charge < -0.3 is 15.1 Å². The van der Waals surface area contributed by atoms with Crippen LogP contribution in [0.5, 0.6) is 0 Å². The highest BCUT2D eigenvalue weighted by atomic mass is 79.9. The molecule has 0 amide bonds. The van der Waals surface area contributed by atoms with Gasteiger partial charge >= 0.3 is 0 Å². The lowest BCUT2D eigenvalue weighted by molar-refractivity contribution is 0.529. The third-order valence-corrected chi connectivity index (χ3v) is 3.67. The summed E-state index contributed by atoms with van der Waals surface area (Å²) in [6, 6.07) is 8.21. The van der Waals surface area contributed by atoms with Gasteiger partial charge in [-0.2, -0.15) is 0 Å². The van der Waals surface area contributed by atoms with Gasteiger partial charge in [-0.1, -0.05) is 6.07 Å². The van der Waals surface area contributed by atoms with Crippen molar-refractivity contribution >= 4 is 21.6 Å². The number of nitrogens with two attached hydrogens (primary N) is 1. The van der Waals surface area contributed by atoms with Gasteiger partial charge in [0.2, 0.25) is 0 Å². The van der Waals surface area contributed by atoms with Crippen LogP contribution < -0.4 is 10.6 Å². The quantitative estimate of drug-likeness (QED) is 0.940. The zero-order valence-corrected chi connectivity index (χ0v) is 12.2. The van der Waals surface area contributed by atoms with Crippen molar-refractivity contribution in [2.45, 2.75) is 20.0 Å². The van der Waals surface area contributed by atoms with Gasteiger partial charge in [-0.3, -0.25) is 0 Å². The van der Waals surface area contributed by atoms with Crippen molar-refractivity contribution in [3.63, 3.8) is 0 Å². The summed E-state index contributed by atoms with van der Waals surface area (Å²) < 4.78 is 6.38. The van der Waals surface area contributed by atoms with Crippen LogP contribution in [0.2, 0.25) is 0 Å². The van der Waals surface area contributed by atoms with Crippen molar-refractivity contribution in [3.05, 3.63) is 51.9 Å². The first-order chi connectivity index (χ1) is 8.61. The Labute approximate surface area is 116 Å². The van der Waals surface area contributed by atoms with E-state index >= 15 is 0 Å². The first kappa shape index (κ1) is 13.2. The van der Waals surface area contributed by atoms with Gasteiger partial charge in [0.1, 0.15) is 5.76 Å². The lowest BCUT2D eigenvalue weighted by Crippen LogP contribution is -2.17. The van der Waals surface area contributed by atoms with Crippen molar-refractivity contribution in [2.24, 2.45) is 5.73 Å². The van der Waals surface area contributed by atoms with E-state index in [4.69, 9.17) is 10.2 Å². The van der Waals surface area contributed by atoms with Crippen molar-refractivity contribution in [1.82, 2.24) is 0 Å². The maximum absolute atomic E-state index is 5.63. The molecule has 0 radical (unpaired) electrons. The SMILES string of the molecule is Cc1occc1CN(C)c1ccc(CN)cc1Br. The molecule has 0 aliphatic heterocycles. The minimum atomic E-state index is 0.559. The van der Waals surface area contributed by atoms with Crippen molar-refractivity contribution in [1.29, 1.82) is 0 Å². The minimum absolute atomic E-state index is 0.559. The van der Waals surface area contributed by atoms with E-state index in [0.717, 1.165) is 28.0 Å². The average Bonchev–Trinajstić information content (AvgIpc) is 2.74. The second-order valence-electron chi connectivity index (χ2n) is 4.35. The van der Waals surface area contributed by atoms with Crippen molar-refractivity contribution in [2.75, 3.05) is 11.9 Å². The molecule has 96 valence electrons. The van der Waals surface area contributed by atoms with E-state index in [2.05, 4.69) is 46.1 Å². The Kier molecular flexibility index (Phi) is 4.09. The Morgan fingerprint density at radius 3 is 2.67 bits per heavy atom. The number of aryl methyl sites for hydroxylation is 1. The van der Waals surface area contributed by atoms with Crippen LogP contribution in [-0.4, -0.2) is 7.05 Å². The molecule has 1 aromatic carbocycles. The molecule has 0 saturated carbocycles. The summed E-state index contributed by atoms with van der Waals surface area (Å²) in [5, 5.41) is 0. The summed E-state index contributed by atoms with van der Waals surface area (Å²) in [4.78, 5) is 2.18. The fraction of sp³-hybridized carbons (Fsp3) is 0.286. The van der Waals surface area contributed by atoms with Gasteiger partial charge in [0.25, 0.3) is 0 Å².